The van der Waals surface area contributed by atoms with E-state index in [4.69, 9.17) is 22.1 Å². The second-order valence-electron chi connectivity index (χ2n) is 3.60. The molecule has 0 amide bonds. The van der Waals surface area contributed by atoms with E-state index in [0.29, 0.717) is 8.04 Å². The van der Waals surface area contributed by atoms with Gasteiger partial charge in [-0.2, -0.15) is 0 Å². The molecule has 0 bridgehead atoms. The summed E-state index contributed by atoms with van der Waals surface area (Å²) in [6, 6.07) is 5.04. The Morgan fingerprint density at radius 3 is 2.42 bits per heavy atom. The Morgan fingerprint density at radius 2 is 1.74 bits per heavy atom. The van der Waals surface area contributed by atoms with Gasteiger partial charge in [-0.1, -0.05) is 11.6 Å². The molecule has 0 unspecified atom stereocenters. The van der Waals surface area contributed by atoms with E-state index in [-0.39, 0.29) is 22.2 Å². The van der Waals surface area contributed by atoms with Gasteiger partial charge in [0.2, 0.25) is 0 Å². The van der Waals surface area contributed by atoms with E-state index in [1.807, 2.05) is 22.6 Å². The van der Waals surface area contributed by atoms with Crippen LogP contribution >= 0.6 is 50.1 Å². The molecule has 0 aliphatic carbocycles. The molecule has 2 rings (SSSR count). The smallest absolute Gasteiger partial charge is 0.153 e. The van der Waals surface area contributed by atoms with Crippen LogP contribution in [0.1, 0.15) is 0 Å². The van der Waals surface area contributed by atoms with Gasteiger partial charge in [0.1, 0.15) is 17.4 Å². The standard InChI is InChI=1S/C12H6BrClF2INO/c13-5-1-6(14)7(15)2-11(5)19-12-3-8(16)9(17)4-10(12)18/h1-4H,18H2. The van der Waals surface area contributed by atoms with E-state index in [0.717, 1.165) is 12.1 Å². The number of hydrogen-bond donors (Lipinski definition) is 1. The molecule has 19 heavy (non-hydrogen) atoms. The van der Waals surface area contributed by atoms with Gasteiger partial charge in [-0.15, -0.1) is 0 Å². The topological polar surface area (TPSA) is 35.2 Å². The van der Waals surface area contributed by atoms with Crippen molar-refractivity contribution in [3.8, 4) is 11.5 Å². The Balaban J connectivity index is 2.42. The minimum atomic E-state index is -0.635. The lowest BCUT2D eigenvalue weighted by molar-refractivity contribution is 0.470. The molecule has 0 aromatic heterocycles. The average molecular weight is 460 g/mol. The highest BCUT2D eigenvalue weighted by Gasteiger charge is 2.12. The molecule has 0 fully saturated rings. The summed E-state index contributed by atoms with van der Waals surface area (Å²) >= 11 is 10.6. The van der Waals surface area contributed by atoms with Crippen LogP contribution in [-0.2, 0) is 0 Å². The molecule has 0 saturated heterocycles. The summed E-state index contributed by atoms with van der Waals surface area (Å²) in [5.74, 6) is -0.825. The first-order valence-corrected chi connectivity index (χ1v) is 7.20. The zero-order chi connectivity index (χ0) is 14.2. The van der Waals surface area contributed by atoms with E-state index >= 15 is 0 Å². The van der Waals surface area contributed by atoms with Gasteiger partial charge in [0.05, 0.1) is 18.8 Å². The Kier molecular flexibility index (Phi) is 4.52. The zero-order valence-electron chi connectivity index (χ0n) is 9.18. The van der Waals surface area contributed by atoms with Crippen LogP contribution in [0.15, 0.2) is 28.7 Å². The van der Waals surface area contributed by atoms with Crippen molar-refractivity contribution in [3.05, 3.63) is 49.0 Å². The highest BCUT2D eigenvalue weighted by Crippen LogP contribution is 2.36. The van der Waals surface area contributed by atoms with Crippen molar-refractivity contribution < 1.29 is 13.5 Å². The third-order valence-electron chi connectivity index (χ3n) is 2.25. The van der Waals surface area contributed by atoms with Crippen molar-refractivity contribution in [1.82, 2.24) is 0 Å². The fourth-order valence-corrected chi connectivity index (χ4v) is 2.54. The van der Waals surface area contributed by atoms with E-state index in [1.54, 1.807) is 0 Å². The molecule has 0 heterocycles. The Labute approximate surface area is 135 Å². The molecule has 2 aromatic rings. The van der Waals surface area contributed by atoms with Crippen molar-refractivity contribution in [3.63, 3.8) is 0 Å². The Hall–Kier alpha value is -0.600. The summed E-state index contributed by atoms with van der Waals surface area (Å²) in [7, 11) is 0. The lowest BCUT2D eigenvalue weighted by Crippen LogP contribution is -1.96. The highest BCUT2D eigenvalue weighted by molar-refractivity contribution is 14.1. The predicted molar refractivity (Wildman–Crippen MR) is 82.7 cm³/mol. The number of nitrogens with two attached hydrogens (primary N) is 1. The summed E-state index contributed by atoms with van der Waals surface area (Å²) < 4.78 is 33.0. The largest absolute Gasteiger partial charge is 0.454 e. The van der Waals surface area contributed by atoms with E-state index < -0.39 is 11.6 Å². The van der Waals surface area contributed by atoms with Crippen molar-refractivity contribution in [1.29, 1.82) is 0 Å². The van der Waals surface area contributed by atoms with Gasteiger partial charge < -0.3 is 10.5 Å². The number of halogens is 5. The van der Waals surface area contributed by atoms with Crippen LogP contribution in [0.4, 0.5) is 14.5 Å². The highest BCUT2D eigenvalue weighted by atomic mass is 127. The van der Waals surface area contributed by atoms with Crippen molar-refractivity contribution in [2.45, 2.75) is 0 Å². The van der Waals surface area contributed by atoms with Crippen molar-refractivity contribution in [2.75, 3.05) is 5.73 Å². The van der Waals surface area contributed by atoms with Crippen LogP contribution in [0.25, 0.3) is 0 Å². The molecule has 100 valence electrons. The average Bonchev–Trinajstić information content (AvgIpc) is 2.32. The Bertz CT molecular complexity index is 599. The molecular weight excluding hydrogens is 454 g/mol. The van der Waals surface area contributed by atoms with Gasteiger partial charge in [0, 0.05) is 12.1 Å². The second kappa shape index (κ2) is 5.80. The molecule has 2 N–H and O–H groups in total. The fraction of sp³-hybridized carbons (Fsp3) is 0. The minimum Gasteiger partial charge on any atom is -0.454 e. The van der Waals surface area contributed by atoms with E-state index in [9.17, 15) is 8.78 Å². The van der Waals surface area contributed by atoms with Gasteiger partial charge in [-0.05, 0) is 50.7 Å². The zero-order valence-corrected chi connectivity index (χ0v) is 13.7. The molecule has 0 spiro atoms. The number of anilines is 1. The summed E-state index contributed by atoms with van der Waals surface area (Å²) in [6.07, 6.45) is 0. The number of ether oxygens (including phenoxy) is 1. The van der Waals surface area contributed by atoms with Crippen LogP contribution in [-0.4, -0.2) is 0 Å². The quantitative estimate of drug-likeness (QED) is 0.372. The molecule has 0 aliphatic heterocycles. The maximum absolute atomic E-state index is 13.5. The normalized spacial score (nSPS) is 10.6. The third-order valence-corrected chi connectivity index (χ3v) is 3.98. The first kappa shape index (κ1) is 14.8. The molecule has 0 aliphatic rings. The molecule has 2 aromatic carbocycles. The van der Waals surface area contributed by atoms with Crippen molar-refractivity contribution >= 4 is 55.8 Å². The fourth-order valence-electron chi connectivity index (χ4n) is 1.33. The van der Waals surface area contributed by atoms with Crippen LogP contribution in [0.3, 0.4) is 0 Å². The van der Waals surface area contributed by atoms with Crippen molar-refractivity contribution in [2.24, 2.45) is 0 Å². The first-order valence-electron chi connectivity index (χ1n) is 4.95. The molecular formula is C12H6BrClF2INO. The molecule has 0 saturated carbocycles. The second-order valence-corrected chi connectivity index (χ2v) is 6.03. The van der Waals surface area contributed by atoms with Gasteiger partial charge in [-0.3, -0.25) is 0 Å². The van der Waals surface area contributed by atoms with Gasteiger partial charge in [0.25, 0.3) is 0 Å². The number of rotatable bonds is 2. The van der Waals surface area contributed by atoms with Crippen LogP contribution in [0.2, 0.25) is 5.02 Å². The molecule has 7 heteroatoms. The van der Waals surface area contributed by atoms with E-state index in [2.05, 4.69) is 15.9 Å². The van der Waals surface area contributed by atoms with Gasteiger partial charge >= 0.3 is 0 Å². The lowest BCUT2D eigenvalue weighted by Gasteiger charge is -2.11. The molecule has 0 atom stereocenters. The predicted octanol–water partition coefficient (Wildman–Crippen LogP) is 5.36. The number of nitrogen functional groups attached to an aromatic ring is 1. The SMILES string of the molecule is Nc1cc(I)c(F)cc1Oc1cc(F)c(Cl)cc1Br. The van der Waals surface area contributed by atoms with Crippen LogP contribution in [0, 0.1) is 15.2 Å². The van der Waals surface area contributed by atoms with Crippen LogP contribution < -0.4 is 10.5 Å². The summed E-state index contributed by atoms with van der Waals surface area (Å²) in [6.45, 7) is 0. The Morgan fingerprint density at radius 1 is 1.11 bits per heavy atom. The number of benzene rings is 2. The summed E-state index contributed by atoms with van der Waals surface area (Å²) in [5.41, 5.74) is 5.98. The maximum atomic E-state index is 13.5. The minimum absolute atomic E-state index is 0.0408. The van der Waals surface area contributed by atoms with Gasteiger partial charge in [0.15, 0.2) is 5.75 Å². The third kappa shape index (κ3) is 3.29. The summed E-state index contributed by atoms with van der Waals surface area (Å²) in [4.78, 5) is 0. The van der Waals surface area contributed by atoms with Crippen LogP contribution in [0.5, 0.6) is 11.5 Å². The summed E-state index contributed by atoms with van der Waals surface area (Å²) in [5, 5.41) is -0.0408. The van der Waals surface area contributed by atoms with E-state index in [1.165, 1.54) is 12.1 Å². The first-order chi connectivity index (χ1) is 8.88. The number of hydrogen-bond acceptors (Lipinski definition) is 2. The monoisotopic (exact) mass is 459 g/mol. The van der Waals surface area contributed by atoms with Gasteiger partial charge in [-0.25, -0.2) is 8.78 Å². The maximum Gasteiger partial charge on any atom is 0.153 e. The molecule has 0 radical (unpaired) electrons. The lowest BCUT2D eigenvalue weighted by atomic mass is 10.3. The molecule has 2 nitrogen and oxygen atoms in total.